The van der Waals surface area contributed by atoms with E-state index in [1.165, 1.54) is 0 Å². The van der Waals surface area contributed by atoms with Crippen LogP contribution in [0, 0.1) is 11.3 Å². The normalized spacial score (nSPS) is 13.6. The van der Waals surface area contributed by atoms with E-state index in [9.17, 15) is 0 Å². The van der Waals surface area contributed by atoms with Crippen LogP contribution in [0.25, 0.3) is 0 Å². The van der Waals surface area contributed by atoms with Crippen LogP contribution < -0.4 is 5.73 Å². The Morgan fingerprint density at radius 2 is 2.20 bits per heavy atom. The molecule has 0 aromatic carbocycles. The highest BCUT2D eigenvalue weighted by Gasteiger charge is 2.06. The van der Waals surface area contributed by atoms with Gasteiger partial charge in [0.05, 0.1) is 5.84 Å². The van der Waals surface area contributed by atoms with Gasteiger partial charge in [0.25, 0.3) is 0 Å². The number of nitrogens with zero attached hydrogens (tertiary/aromatic N) is 1. The van der Waals surface area contributed by atoms with E-state index in [0.29, 0.717) is 0 Å². The van der Waals surface area contributed by atoms with Crippen LogP contribution in [0.4, 0.5) is 0 Å². The van der Waals surface area contributed by atoms with Gasteiger partial charge in [0.15, 0.2) is 0 Å². The molecule has 0 amide bonds. The van der Waals surface area contributed by atoms with E-state index in [4.69, 9.17) is 11.1 Å². The molecule has 0 bridgehead atoms. The summed E-state index contributed by atoms with van der Waals surface area (Å²) in [6, 6.07) is 0. The van der Waals surface area contributed by atoms with Gasteiger partial charge in [0, 0.05) is 12.5 Å². The van der Waals surface area contributed by atoms with Crippen molar-refractivity contribution in [2.45, 2.75) is 13.8 Å². The molecule has 0 spiro atoms. The lowest BCUT2D eigenvalue weighted by Gasteiger charge is -2.17. The van der Waals surface area contributed by atoms with Crippen LogP contribution in [0.2, 0.25) is 0 Å². The van der Waals surface area contributed by atoms with Crippen molar-refractivity contribution in [2.24, 2.45) is 11.7 Å². The Hall–Kier alpha value is -0.570. The molecule has 0 rings (SSSR count). The standard InChI is InChI=1S/C7H17N3/c1-4-10(3)5-6(2)7(8)9/h6H,4-5H2,1-3H3,(H3,8,9). The van der Waals surface area contributed by atoms with Gasteiger partial charge >= 0.3 is 0 Å². The van der Waals surface area contributed by atoms with Crippen molar-refractivity contribution in [3.63, 3.8) is 0 Å². The second-order valence-corrected chi connectivity index (χ2v) is 2.71. The molecule has 1 atom stereocenters. The van der Waals surface area contributed by atoms with Crippen molar-refractivity contribution in [3.8, 4) is 0 Å². The van der Waals surface area contributed by atoms with Crippen molar-refractivity contribution in [1.29, 1.82) is 5.41 Å². The van der Waals surface area contributed by atoms with E-state index < -0.39 is 0 Å². The summed E-state index contributed by atoms with van der Waals surface area (Å²) in [7, 11) is 2.03. The third-order valence-electron chi connectivity index (χ3n) is 1.66. The average molecular weight is 143 g/mol. The molecule has 0 aromatic rings. The summed E-state index contributed by atoms with van der Waals surface area (Å²) in [4.78, 5) is 2.14. The molecule has 0 fully saturated rings. The molecule has 0 saturated carbocycles. The zero-order valence-corrected chi connectivity index (χ0v) is 7.02. The van der Waals surface area contributed by atoms with E-state index in [2.05, 4.69) is 11.8 Å². The summed E-state index contributed by atoms with van der Waals surface area (Å²) in [5, 5.41) is 7.12. The van der Waals surface area contributed by atoms with Gasteiger partial charge in [-0.2, -0.15) is 0 Å². The molecule has 0 aliphatic heterocycles. The van der Waals surface area contributed by atoms with Crippen molar-refractivity contribution < 1.29 is 0 Å². The molecule has 3 N–H and O–H groups in total. The van der Waals surface area contributed by atoms with Crippen LogP contribution in [-0.4, -0.2) is 30.9 Å². The van der Waals surface area contributed by atoms with Crippen LogP contribution in [0.5, 0.6) is 0 Å². The fourth-order valence-corrected chi connectivity index (χ4v) is 0.695. The Morgan fingerprint density at radius 3 is 2.50 bits per heavy atom. The van der Waals surface area contributed by atoms with Crippen LogP contribution in [0.1, 0.15) is 13.8 Å². The molecule has 0 aliphatic carbocycles. The van der Waals surface area contributed by atoms with Crippen molar-refractivity contribution in [1.82, 2.24) is 4.90 Å². The number of hydrogen-bond acceptors (Lipinski definition) is 2. The van der Waals surface area contributed by atoms with Crippen molar-refractivity contribution in [2.75, 3.05) is 20.1 Å². The quantitative estimate of drug-likeness (QED) is 0.445. The van der Waals surface area contributed by atoms with Gasteiger partial charge in [0.2, 0.25) is 0 Å². The van der Waals surface area contributed by atoms with Crippen LogP contribution >= 0.6 is 0 Å². The van der Waals surface area contributed by atoms with Crippen molar-refractivity contribution in [3.05, 3.63) is 0 Å². The van der Waals surface area contributed by atoms with Gasteiger partial charge < -0.3 is 10.6 Å². The SMILES string of the molecule is CCN(C)CC(C)C(=N)N. The Kier molecular flexibility index (Phi) is 4.03. The summed E-state index contributed by atoms with van der Waals surface area (Å²) in [6.45, 7) is 5.95. The van der Waals surface area contributed by atoms with E-state index in [1.807, 2.05) is 14.0 Å². The fraction of sp³-hybridized carbons (Fsp3) is 0.857. The molecule has 0 heterocycles. The third-order valence-corrected chi connectivity index (χ3v) is 1.66. The molecule has 10 heavy (non-hydrogen) atoms. The third kappa shape index (κ3) is 3.45. The lowest BCUT2D eigenvalue weighted by Crippen LogP contribution is -2.31. The molecule has 0 saturated heterocycles. The number of nitrogens with two attached hydrogens (primary N) is 1. The van der Waals surface area contributed by atoms with Gasteiger partial charge in [-0.25, -0.2) is 0 Å². The van der Waals surface area contributed by atoms with Gasteiger partial charge in [-0.05, 0) is 13.6 Å². The largest absolute Gasteiger partial charge is 0.387 e. The van der Waals surface area contributed by atoms with E-state index in [0.717, 1.165) is 13.1 Å². The molecule has 3 heteroatoms. The van der Waals surface area contributed by atoms with E-state index >= 15 is 0 Å². The summed E-state index contributed by atoms with van der Waals surface area (Å²) < 4.78 is 0. The van der Waals surface area contributed by atoms with Gasteiger partial charge in [-0.3, -0.25) is 5.41 Å². The maximum absolute atomic E-state index is 7.12. The van der Waals surface area contributed by atoms with Crippen LogP contribution in [0.3, 0.4) is 0 Å². The van der Waals surface area contributed by atoms with Crippen molar-refractivity contribution >= 4 is 5.84 Å². The fourth-order valence-electron chi connectivity index (χ4n) is 0.695. The van der Waals surface area contributed by atoms with Crippen LogP contribution in [-0.2, 0) is 0 Å². The summed E-state index contributed by atoms with van der Waals surface area (Å²) >= 11 is 0. The number of rotatable bonds is 4. The monoisotopic (exact) mass is 143 g/mol. The van der Waals surface area contributed by atoms with Gasteiger partial charge in [-0.15, -0.1) is 0 Å². The first-order valence-corrected chi connectivity index (χ1v) is 3.60. The first-order chi connectivity index (χ1) is 4.57. The second kappa shape index (κ2) is 4.28. The Bertz CT molecular complexity index is 111. The predicted molar refractivity (Wildman–Crippen MR) is 44.2 cm³/mol. The van der Waals surface area contributed by atoms with E-state index in [1.54, 1.807) is 0 Å². The number of amidine groups is 1. The zero-order valence-electron chi connectivity index (χ0n) is 7.02. The minimum absolute atomic E-state index is 0.185. The minimum Gasteiger partial charge on any atom is -0.387 e. The smallest absolute Gasteiger partial charge is 0.0947 e. The highest BCUT2D eigenvalue weighted by atomic mass is 15.1. The Labute approximate surface area is 62.7 Å². The van der Waals surface area contributed by atoms with E-state index in [-0.39, 0.29) is 11.8 Å². The van der Waals surface area contributed by atoms with Gasteiger partial charge in [-0.1, -0.05) is 13.8 Å². The first kappa shape index (κ1) is 9.43. The topological polar surface area (TPSA) is 53.1 Å². The highest BCUT2D eigenvalue weighted by Crippen LogP contribution is 1.95. The molecule has 1 unspecified atom stereocenters. The average Bonchev–Trinajstić information content (AvgIpc) is 1.87. The maximum Gasteiger partial charge on any atom is 0.0947 e. The summed E-state index contributed by atoms with van der Waals surface area (Å²) in [6.07, 6.45) is 0. The maximum atomic E-state index is 7.12. The highest BCUT2D eigenvalue weighted by molar-refractivity contribution is 5.79. The number of nitrogens with one attached hydrogen (secondary N) is 1. The summed E-state index contributed by atoms with van der Waals surface area (Å²) in [5.41, 5.74) is 5.30. The molecule has 60 valence electrons. The lowest BCUT2D eigenvalue weighted by atomic mass is 10.1. The summed E-state index contributed by atoms with van der Waals surface area (Å²) in [5.74, 6) is 0.463. The molecular weight excluding hydrogens is 126 g/mol. The number of hydrogen-bond donors (Lipinski definition) is 2. The molecule has 0 aromatic heterocycles. The lowest BCUT2D eigenvalue weighted by molar-refractivity contribution is 0.330. The molecule has 3 nitrogen and oxygen atoms in total. The minimum atomic E-state index is 0.185. The molecular formula is C7H17N3. The Balaban J connectivity index is 3.56. The predicted octanol–water partition coefficient (Wildman–Crippen LogP) is 0.510. The Morgan fingerprint density at radius 1 is 1.70 bits per heavy atom. The first-order valence-electron chi connectivity index (χ1n) is 3.60. The molecule has 0 aliphatic rings. The second-order valence-electron chi connectivity index (χ2n) is 2.71. The van der Waals surface area contributed by atoms with Crippen LogP contribution in [0.15, 0.2) is 0 Å². The van der Waals surface area contributed by atoms with Gasteiger partial charge in [0.1, 0.15) is 0 Å². The molecule has 0 radical (unpaired) electrons. The zero-order chi connectivity index (χ0) is 8.15.